The Morgan fingerprint density at radius 1 is 0.704 bits per heavy atom. The van der Waals surface area contributed by atoms with Gasteiger partial charge in [-0.25, -0.2) is 0 Å². The van der Waals surface area contributed by atoms with Crippen molar-refractivity contribution < 1.29 is 0 Å². The Morgan fingerprint density at radius 2 is 1.26 bits per heavy atom. The van der Waals surface area contributed by atoms with Gasteiger partial charge in [0, 0.05) is 11.1 Å². The van der Waals surface area contributed by atoms with Crippen LogP contribution in [-0.4, -0.2) is 21.1 Å². The molecule has 1 heterocycles. The second-order valence-corrected chi connectivity index (χ2v) is 6.55. The normalized spacial score (nSPS) is 11.2. The second kappa shape index (κ2) is 7.38. The first-order valence-corrected chi connectivity index (χ1v) is 8.89. The van der Waals surface area contributed by atoms with Crippen molar-refractivity contribution in [3.8, 4) is 22.8 Å². The molecular weight excluding hydrogens is 332 g/mol. The van der Waals surface area contributed by atoms with Crippen LogP contribution >= 0.6 is 0 Å². The third-order valence-electron chi connectivity index (χ3n) is 4.32. The first kappa shape index (κ1) is 16.9. The van der Waals surface area contributed by atoms with Gasteiger partial charge in [-0.2, -0.15) is 9.78 Å². The molecule has 0 aliphatic carbocycles. The second-order valence-electron chi connectivity index (χ2n) is 6.55. The van der Waals surface area contributed by atoms with Crippen LogP contribution in [-0.2, 0) is 0 Å². The van der Waals surface area contributed by atoms with Crippen LogP contribution in [0.1, 0.15) is 16.7 Å². The standard InChI is InChI=1S/C23H20N4/c1-17-8-6-12-20(14-17)22-25-26-23(21-13-7-9-18(2)15-21)27(22)24-16-19-10-4-3-5-11-19/h3-16H,1-2H3/b24-16+. The summed E-state index contributed by atoms with van der Waals surface area (Å²) < 4.78 is 1.82. The molecule has 0 N–H and O–H groups in total. The van der Waals surface area contributed by atoms with Gasteiger partial charge >= 0.3 is 0 Å². The molecule has 0 amide bonds. The van der Waals surface area contributed by atoms with Crippen LogP contribution in [0.15, 0.2) is 84.0 Å². The number of nitrogens with zero attached hydrogens (tertiary/aromatic N) is 4. The SMILES string of the molecule is Cc1cccc(-c2nnc(-c3cccc(C)c3)n2/N=C/c2ccccc2)c1. The maximum absolute atomic E-state index is 4.72. The smallest absolute Gasteiger partial charge is 0.185 e. The molecule has 0 saturated heterocycles. The number of aromatic nitrogens is 3. The van der Waals surface area contributed by atoms with Crippen molar-refractivity contribution in [1.29, 1.82) is 0 Å². The topological polar surface area (TPSA) is 43.1 Å². The summed E-state index contributed by atoms with van der Waals surface area (Å²) in [5.74, 6) is 1.45. The molecule has 27 heavy (non-hydrogen) atoms. The van der Waals surface area contributed by atoms with Gasteiger partial charge in [-0.05, 0) is 31.5 Å². The van der Waals surface area contributed by atoms with Gasteiger partial charge in [0.1, 0.15) is 0 Å². The van der Waals surface area contributed by atoms with Crippen molar-refractivity contribution in [3.63, 3.8) is 0 Å². The monoisotopic (exact) mass is 352 g/mol. The van der Waals surface area contributed by atoms with Crippen molar-refractivity contribution in [2.75, 3.05) is 0 Å². The van der Waals surface area contributed by atoms with Crippen molar-refractivity contribution in [3.05, 3.63) is 95.6 Å². The predicted octanol–water partition coefficient (Wildman–Crippen LogP) is 5.11. The Kier molecular flexibility index (Phi) is 4.62. The van der Waals surface area contributed by atoms with Crippen molar-refractivity contribution in [2.24, 2.45) is 5.10 Å². The Labute approximate surface area is 158 Å². The van der Waals surface area contributed by atoms with Crippen LogP contribution in [0.2, 0.25) is 0 Å². The van der Waals surface area contributed by atoms with Crippen LogP contribution < -0.4 is 0 Å². The minimum Gasteiger partial charge on any atom is -0.192 e. The van der Waals surface area contributed by atoms with E-state index in [4.69, 9.17) is 5.10 Å². The molecule has 0 saturated carbocycles. The Bertz CT molecular complexity index is 1030. The summed E-state index contributed by atoms with van der Waals surface area (Å²) in [6, 6.07) is 26.5. The summed E-state index contributed by atoms with van der Waals surface area (Å²) >= 11 is 0. The fraction of sp³-hybridized carbons (Fsp3) is 0.0870. The largest absolute Gasteiger partial charge is 0.192 e. The van der Waals surface area contributed by atoms with Gasteiger partial charge in [0.05, 0.1) is 6.21 Å². The van der Waals surface area contributed by atoms with Gasteiger partial charge in [0.15, 0.2) is 11.6 Å². The number of benzene rings is 3. The molecule has 4 nitrogen and oxygen atoms in total. The summed E-state index contributed by atoms with van der Waals surface area (Å²) in [5.41, 5.74) is 5.35. The molecule has 4 aromatic rings. The quantitative estimate of drug-likeness (QED) is 0.479. The molecule has 3 aromatic carbocycles. The zero-order chi connectivity index (χ0) is 18.6. The van der Waals surface area contributed by atoms with Crippen LogP contribution in [0.4, 0.5) is 0 Å². The van der Waals surface area contributed by atoms with Crippen LogP contribution in [0, 0.1) is 13.8 Å². The van der Waals surface area contributed by atoms with Crippen LogP contribution in [0.25, 0.3) is 22.8 Å². The summed E-state index contributed by atoms with van der Waals surface area (Å²) in [5, 5.41) is 13.6. The highest BCUT2D eigenvalue weighted by molar-refractivity contribution is 5.80. The number of rotatable bonds is 4. The minimum atomic E-state index is 0.724. The average molecular weight is 352 g/mol. The van der Waals surface area contributed by atoms with E-state index in [1.165, 1.54) is 11.1 Å². The Hall–Kier alpha value is -3.53. The van der Waals surface area contributed by atoms with E-state index < -0.39 is 0 Å². The van der Waals surface area contributed by atoms with E-state index in [1.807, 2.05) is 65.5 Å². The highest BCUT2D eigenvalue weighted by Crippen LogP contribution is 2.25. The average Bonchev–Trinajstić information content (AvgIpc) is 3.11. The van der Waals surface area contributed by atoms with Gasteiger partial charge in [-0.15, -0.1) is 10.2 Å². The fourth-order valence-corrected chi connectivity index (χ4v) is 2.98. The van der Waals surface area contributed by atoms with Gasteiger partial charge in [-0.3, -0.25) is 0 Å². The Morgan fingerprint density at radius 3 is 1.78 bits per heavy atom. The van der Waals surface area contributed by atoms with Crippen molar-refractivity contribution in [2.45, 2.75) is 13.8 Å². The summed E-state index contributed by atoms with van der Waals surface area (Å²) in [7, 11) is 0. The molecule has 0 atom stereocenters. The first-order valence-electron chi connectivity index (χ1n) is 8.89. The zero-order valence-corrected chi connectivity index (χ0v) is 15.4. The highest BCUT2D eigenvalue weighted by atomic mass is 15.5. The van der Waals surface area contributed by atoms with E-state index in [0.29, 0.717) is 0 Å². The molecule has 4 heteroatoms. The third kappa shape index (κ3) is 3.70. The number of aryl methyl sites for hydroxylation is 2. The lowest BCUT2D eigenvalue weighted by Gasteiger charge is -2.06. The van der Waals surface area contributed by atoms with E-state index in [-0.39, 0.29) is 0 Å². The Balaban J connectivity index is 1.86. The maximum Gasteiger partial charge on any atom is 0.185 e. The lowest BCUT2D eigenvalue weighted by Crippen LogP contribution is -1.98. The third-order valence-corrected chi connectivity index (χ3v) is 4.32. The summed E-state index contributed by atoms with van der Waals surface area (Å²) in [4.78, 5) is 0. The van der Waals surface area contributed by atoms with Crippen LogP contribution in [0.3, 0.4) is 0 Å². The lowest BCUT2D eigenvalue weighted by molar-refractivity contribution is 0.897. The predicted molar refractivity (Wildman–Crippen MR) is 110 cm³/mol. The van der Waals surface area contributed by atoms with Gasteiger partial charge in [0.25, 0.3) is 0 Å². The van der Waals surface area contributed by atoms with Gasteiger partial charge in [0.2, 0.25) is 0 Å². The summed E-state index contributed by atoms with van der Waals surface area (Å²) in [6.45, 7) is 4.14. The van der Waals surface area contributed by atoms with Crippen molar-refractivity contribution >= 4 is 6.21 Å². The van der Waals surface area contributed by atoms with Crippen molar-refractivity contribution in [1.82, 2.24) is 14.9 Å². The molecule has 0 fully saturated rings. The summed E-state index contributed by atoms with van der Waals surface area (Å²) in [6.07, 6.45) is 1.84. The molecule has 0 radical (unpaired) electrons. The number of hydrogen-bond donors (Lipinski definition) is 0. The molecule has 0 aliphatic rings. The minimum absolute atomic E-state index is 0.724. The molecule has 4 rings (SSSR count). The van der Waals surface area contributed by atoms with Gasteiger partial charge < -0.3 is 0 Å². The fourth-order valence-electron chi connectivity index (χ4n) is 2.98. The maximum atomic E-state index is 4.72. The molecule has 0 bridgehead atoms. The zero-order valence-electron chi connectivity index (χ0n) is 15.4. The lowest BCUT2D eigenvalue weighted by atomic mass is 10.1. The molecular formula is C23H20N4. The molecule has 1 aromatic heterocycles. The van der Waals surface area contributed by atoms with Gasteiger partial charge in [-0.1, -0.05) is 77.9 Å². The molecule has 0 aliphatic heterocycles. The van der Waals surface area contributed by atoms with E-state index >= 15 is 0 Å². The highest BCUT2D eigenvalue weighted by Gasteiger charge is 2.15. The molecule has 0 unspecified atom stereocenters. The van der Waals surface area contributed by atoms with Crippen LogP contribution in [0.5, 0.6) is 0 Å². The molecule has 0 spiro atoms. The van der Waals surface area contributed by atoms with E-state index in [1.54, 1.807) is 0 Å². The first-order chi connectivity index (χ1) is 13.2. The van der Waals surface area contributed by atoms with E-state index in [2.05, 4.69) is 48.3 Å². The molecule has 132 valence electrons. The van der Waals surface area contributed by atoms with E-state index in [0.717, 1.165) is 28.3 Å². The van der Waals surface area contributed by atoms with E-state index in [9.17, 15) is 0 Å². The number of hydrogen-bond acceptors (Lipinski definition) is 3.